The fraction of sp³-hybridized carbons (Fsp3) is 0.565. The molecule has 162 valence electrons. The number of anilines is 1. The zero-order valence-corrected chi connectivity index (χ0v) is 18.2. The molecule has 1 N–H and O–H groups in total. The van der Waals surface area contributed by atoms with Gasteiger partial charge in [0.1, 0.15) is 5.71 Å². The number of amides is 2. The molecule has 1 aromatic carbocycles. The predicted octanol–water partition coefficient (Wildman–Crippen LogP) is 3.41. The summed E-state index contributed by atoms with van der Waals surface area (Å²) in [7, 11) is 0. The maximum atomic E-state index is 12.6. The van der Waals surface area contributed by atoms with Crippen LogP contribution in [0.5, 0.6) is 0 Å². The van der Waals surface area contributed by atoms with E-state index in [-0.39, 0.29) is 36.4 Å². The number of nitrogens with zero attached hydrogens (tertiary/aromatic N) is 2. The molecule has 1 aromatic rings. The fourth-order valence-corrected chi connectivity index (χ4v) is 3.95. The third-order valence-corrected chi connectivity index (χ3v) is 5.95. The molecule has 0 unspecified atom stereocenters. The summed E-state index contributed by atoms with van der Waals surface area (Å²) in [6.07, 6.45) is 3.79. The van der Waals surface area contributed by atoms with E-state index >= 15 is 0 Å². The molecule has 30 heavy (non-hydrogen) atoms. The zero-order valence-electron chi connectivity index (χ0n) is 18.2. The molecule has 0 bridgehead atoms. The van der Waals surface area contributed by atoms with Crippen molar-refractivity contribution in [3.63, 3.8) is 0 Å². The van der Waals surface area contributed by atoms with Crippen LogP contribution in [0.3, 0.4) is 0 Å². The van der Waals surface area contributed by atoms with Gasteiger partial charge >= 0.3 is 5.97 Å². The van der Waals surface area contributed by atoms with Gasteiger partial charge in [-0.15, -0.1) is 0 Å². The van der Waals surface area contributed by atoms with Gasteiger partial charge in [0.25, 0.3) is 5.91 Å². The highest BCUT2D eigenvalue weighted by Crippen LogP contribution is 2.26. The molecule has 0 radical (unpaired) electrons. The molecule has 1 heterocycles. The Hall–Kier alpha value is -2.70. The molecule has 7 heteroatoms. The van der Waals surface area contributed by atoms with E-state index in [9.17, 15) is 14.4 Å². The largest absolute Gasteiger partial charge is 0.448 e. The number of benzene rings is 1. The molecule has 2 aliphatic rings. The lowest BCUT2D eigenvalue weighted by molar-refractivity contribution is -0.149. The first-order valence-corrected chi connectivity index (χ1v) is 10.8. The average molecular weight is 414 g/mol. The molecule has 1 aliphatic carbocycles. The predicted molar refractivity (Wildman–Crippen MR) is 115 cm³/mol. The van der Waals surface area contributed by atoms with Gasteiger partial charge in [0.05, 0.1) is 5.69 Å². The molecule has 1 fully saturated rings. The Morgan fingerprint density at radius 1 is 1.20 bits per heavy atom. The molecule has 1 saturated carbocycles. The summed E-state index contributed by atoms with van der Waals surface area (Å²) in [4.78, 5) is 37.5. The minimum atomic E-state index is -0.916. The Morgan fingerprint density at radius 3 is 2.67 bits per heavy atom. The number of rotatable bonds is 5. The van der Waals surface area contributed by atoms with E-state index < -0.39 is 12.1 Å². The Labute approximate surface area is 177 Å². The van der Waals surface area contributed by atoms with Gasteiger partial charge in [-0.2, -0.15) is 10.1 Å². The Balaban J connectivity index is 1.67. The minimum absolute atomic E-state index is 0.122. The minimum Gasteiger partial charge on any atom is -0.448 e. The lowest BCUT2D eigenvalue weighted by atomic mass is 9.86. The van der Waals surface area contributed by atoms with E-state index in [0.29, 0.717) is 11.6 Å². The number of hydrogen-bond donors (Lipinski definition) is 1. The van der Waals surface area contributed by atoms with Crippen LogP contribution in [0.2, 0.25) is 0 Å². The maximum absolute atomic E-state index is 12.6. The Kier molecular flexibility index (Phi) is 6.90. The van der Waals surface area contributed by atoms with Crippen molar-refractivity contribution in [3.05, 3.63) is 29.3 Å². The van der Waals surface area contributed by atoms with Gasteiger partial charge in [0.15, 0.2) is 6.10 Å². The highest BCUT2D eigenvalue weighted by Gasteiger charge is 2.30. The van der Waals surface area contributed by atoms with Gasteiger partial charge in [-0.1, -0.05) is 31.9 Å². The number of nitrogens with one attached hydrogen (secondary N) is 1. The number of hydrazone groups is 1. The highest BCUT2D eigenvalue weighted by molar-refractivity contribution is 6.38. The molecule has 3 rings (SSSR count). The van der Waals surface area contributed by atoms with Crippen LogP contribution in [0.15, 0.2) is 23.3 Å². The second kappa shape index (κ2) is 9.41. The Bertz CT molecular complexity index is 864. The highest BCUT2D eigenvalue weighted by atomic mass is 16.5. The molecule has 2 amide bonds. The summed E-state index contributed by atoms with van der Waals surface area (Å²) in [5, 5.41) is 8.56. The van der Waals surface area contributed by atoms with Crippen molar-refractivity contribution in [2.24, 2.45) is 11.0 Å². The second-order valence-electron chi connectivity index (χ2n) is 8.47. The molecule has 0 saturated heterocycles. The maximum Gasteiger partial charge on any atom is 0.355 e. The zero-order chi connectivity index (χ0) is 21.8. The van der Waals surface area contributed by atoms with Crippen LogP contribution in [-0.4, -0.2) is 35.6 Å². The summed E-state index contributed by atoms with van der Waals surface area (Å²) in [5.41, 5.74) is 2.69. The van der Waals surface area contributed by atoms with Crippen LogP contribution in [0, 0.1) is 19.8 Å². The molecule has 0 aromatic heterocycles. The summed E-state index contributed by atoms with van der Waals surface area (Å²) < 4.78 is 5.38. The third kappa shape index (κ3) is 5.07. The summed E-state index contributed by atoms with van der Waals surface area (Å²) in [5.74, 6) is -0.694. The quantitative estimate of drug-likeness (QED) is 0.749. The summed E-state index contributed by atoms with van der Waals surface area (Å²) in [6.45, 7) is 7.53. The molecule has 7 nitrogen and oxygen atoms in total. The van der Waals surface area contributed by atoms with Crippen molar-refractivity contribution < 1.29 is 19.1 Å². The van der Waals surface area contributed by atoms with Gasteiger partial charge in [0, 0.05) is 18.9 Å². The summed E-state index contributed by atoms with van der Waals surface area (Å²) >= 11 is 0. The van der Waals surface area contributed by atoms with Crippen LogP contribution in [-0.2, 0) is 19.1 Å². The second-order valence-corrected chi connectivity index (χ2v) is 8.47. The van der Waals surface area contributed by atoms with E-state index in [1.54, 1.807) is 6.92 Å². The molecular weight excluding hydrogens is 382 g/mol. The van der Waals surface area contributed by atoms with E-state index in [1.807, 2.05) is 32.0 Å². The van der Waals surface area contributed by atoms with E-state index in [4.69, 9.17) is 4.74 Å². The van der Waals surface area contributed by atoms with Gasteiger partial charge in [-0.25, -0.2) is 4.79 Å². The third-order valence-electron chi connectivity index (χ3n) is 5.95. The lowest BCUT2D eigenvalue weighted by Crippen LogP contribution is -2.46. The van der Waals surface area contributed by atoms with Gasteiger partial charge in [-0.3, -0.25) is 9.59 Å². The summed E-state index contributed by atoms with van der Waals surface area (Å²) in [6, 6.07) is 5.86. The number of carbonyl (C=O) groups is 3. The SMILES string of the molecule is Cc1ccc(C)c(N2N=C(C(=O)O[C@H](C)C(=O)N[C@H]3CCCC[C@H]3C)CCC2=O)c1. The van der Waals surface area contributed by atoms with Crippen molar-refractivity contribution in [2.45, 2.75) is 78.4 Å². The first-order chi connectivity index (χ1) is 14.3. The van der Waals surface area contributed by atoms with Gasteiger partial charge in [0.2, 0.25) is 5.91 Å². The molecular formula is C23H31N3O4. The van der Waals surface area contributed by atoms with Crippen LogP contribution < -0.4 is 10.3 Å². The number of hydrogen-bond acceptors (Lipinski definition) is 5. The standard InChI is InChI=1S/C23H31N3O4/c1-14-9-10-16(3)20(13-14)26-21(27)12-11-19(25-26)23(29)30-17(4)22(28)24-18-8-6-5-7-15(18)2/h9-10,13,15,17-18H,5-8,11-12H2,1-4H3,(H,24,28)/t15-,17-,18+/m1/s1. The van der Waals surface area contributed by atoms with Crippen molar-refractivity contribution in [2.75, 3.05) is 5.01 Å². The number of ether oxygens (including phenoxy) is 1. The normalized spacial score (nSPS) is 22.9. The van der Waals surface area contributed by atoms with E-state index in [0.717, 1.165) is 30.4 Å². The number of esters is 1. The van der Waals surface area contributed by atoms with Crippen LogP contribution in [0.25, 0.3) is 0 Å². The number of aryl methyl sites for hydroxylation is 2. The van der Waals surface area contributed by atoms with Crippen LogP contribution >= 0.6 is 0 Å². The Morgan fingerprint density at radius 2 is 1.93 bits per heavy atom. The topological polar surface area (TPSA) is 88.1 Å². The van der Waals surface area contributed by atoms with Crippen molar-refractivity contribution in [3.8, 4) is 0 Å². The average Bonchev–Trinajstić information content (AvgIpc) is 2.71. The van der Waals surface area contributed by atoms with Crippen LogP contribution in [0.1, 0.15) is 63.5 Å². The van der Waals surface area contributed by atoms with E-state index in [1.165, 1.54) is 11.4 Å². The van der Waals surface area contributed by atoms with Crippen molar-refractivity contribution in [1.82, 2.24) is 5.32 Å². The monoisotopic (exact) mass is 413 g/mol. The molecule has 0 spiro atoms. The molecule has 1 aliphatic heterocycles. The smallest absolute Gasteiger partial charge is 0.355 e. The van der Waals surface area contributed by atoms with Crippen LogP contribution in [0.4, 0.5) is 5.69 Å². The van der Waals surface area contributed by atoms with E-state index in [2.05, 4.69) is 17.3 Å². The van der Waals surface area contributed by atoms with Crippen molar-refractivity contribution in [1.29, 1.82) is 0 Å². The number of carbonyl (C=O) groups excluding carboxylic acids is 3. The fourth-order valence-electron chi connectivity index (χ4n) is 3.95. The van der Waals surface area contributed by atoms with Crippen molar-refractivity contribution >= 4 is 29.2 Å². The first-order valence-electron chi connectivity index (χ1n) is 10.8. The first kappa shape index (κ1) is 22.0. The lowest BCUT2D eigenvalue weighted by Gasteiger charge is -2.30. The van der Waals surface area contributed by atoms with Gasteiger partial charge < -0.3 is 10.1 Å². The molecule has 3 atom stereocenters. The van der Waals surface area contributed by atoms with Gasteiger partial charge in [-0.05, 0) is 56.7 Å².